The van der Waals surface area contributed by atoms with E-state index in [1.807, 2.05) is 49.4 Å². The molecule has 0 unspecified atom stereocenters. The van der Waals surface area contributed by atoms with Crippen LogP contribution in [-0.4, -0.2) is 28.0 Å². The molecule has 142 valence electrons. The van der Waals surface area contributed by atoms with Crippen molar-refractivity contribution in [2.75, 3.05) is 6.61 Å². The second kappa shape index (κ2) is 7.65. The van der Waals surface area contributed by atoms with E-state index in [2.05, 4.69) is 9.98 Å². The summed E-state index contributed by atoms with van der Waals surface area (Å²) in [7, 11) is 0. The minimum Gasteiger partial charge on any atom is -0.465 e. The Balaban J connectivity index is 1.81. The van der Waals surface area contributed by atoms with Crippen LogP contribution < -0.4 is 4.80 Å². The van der Waals surface area contributed by atoms with Gasteiger partial charge in [-0.15, -0.1) is 11.3 Å². The number of rotatable bonds is 4. The minimum atomic E-state index is -0.415. The third-order valence-electron chi connectivity index (χ3n) is 4.10. The first-order valence-corrected chi connectivity index (χ1v) is 10.4. The van der Waals surface area contributed by atoms with Crippen LogP contribution in [0, 0.1) is 6.92 Å². The van der Waals surface area contributed by atoms with Crippen molar-refractivity contribution in [2.45, 2.75) is 20.4 Å². The Morgan fingerprint density at radius 2 is 1.96 bits per heavy atom. The summed E-state index contributed by atoms with van der Waals surface area (Å²) in [6.07, 6.45) is 0. The number of fused-ring (bicyclic) bond motifs is 2. The Labute approximate surface area is 168 Å². The van der Waals surface area contributed by atoms with Crippen molar-refractivity contribution in [3.05, 3.63) is 57.8 Å². The van der Waals surface area contributed by atoms with E-state index in [4.69, 9.17) is 4.74 Å². The number of carbonyl (C=O) groups is 2. The lowest BCUT2D eigenvalue weighted by Crippen LogP contribution is -2.23. The van der Waals surface area contributed by atoms with Gasteiger partial charge in [-0.1, -0.05) is 29.5 Å². The van der Waals surface area contributed by atoms with Crippen molar-refractivity contribution in [1.82, 2.24) is 9.55 Å². The summed E-state index contributed by atoms with van der Waals surface area (Å²) in [4.78, 5) is 33.9. The van der Waals surface area contributed by atoms with E-state index in [9.17, 15) is 9.59 Å². The summed E-state index contributed by atoms with van der Waals surface area (Å²) in [5, 5.41) is 0.331. The van der Waals surface area contributed by atoms with E-state index in [1.165, 1.54) is 22.7 Å². The first kappa shape index (κ1) is 18.5. The maximum atomic E-state index is 12.7. The second-order valence-corrected chi connectivity index (χ2v) is 8.19. The summed E-state index contributed by atoms with van der Waals surface area (Å²) < 4.78 is 8.70. The average molecular weight is 412 g/mol. The predicted molar refractivity (Wildman–Crippen MR) is 111 cm³/mol. The van der Waals surface area contributed by atoms with Crippen LogP contribution in [0.25, 0.3) is 20.4 Å². The summed E-state index contributed by atoms with van der Waals surface area (Å²) >= 11 is 2.68. The lowest BCUT2D eigenvalue weighted by atomic mass is 10.2. The van der Waals surface area contributed by atoms with E-state index < -0.39 is 5.91 Å². The Morgan fingerprint density at radius 3 is 2.75 bits per heavy atom. The van der Waals surface area contributed by atoms with Gasteiger partial charge < -0.3 is 9.30 Å². The predicted octanol–water partition coefficient (Wildman–Crippen LogP) is 3.93. The number of para-hydroxylation sites is 1. The lowest BCUT2D eigenvalue weighted by molar-refractivity contribution is -0.143. The number of aromatic nitrogens is 2. The van der Waals surface area contributed by atoms with Crippen LogP contribution in [0.2, 0.25) is 0 Å². The molecule has 0 spiro atoms. The van der Waals surface area contributed by atoms with Gasteiger partial charge in [0.2, 0.25) is 0 Å². The first-order valence-electron chi connectivity index (χ1n) is 8.75. The highest BCUT2D eigenvalue weighted by molar-refractivity contribution is 7.20. The Hall–Kier alpha value is -2.84. The molecule has 0 aliphatic carbocycles. The molecule has 0 radical (unpaired) electrons. The van der Waals surface area contributed by atoms with Gasteiger partial charge in [-0.2, -0.15) is 4.99 Å². The number of thiazole rings is 2. The number of carbonyl (C=O) groups excluding carboxylic acids is 2. The fraction of sp³-hybridized carbons (Fsp3) is 0.200. The number of hydrogen-bond acceptors (Lipinski definition) is 6. The fourth-order valence-corrected chi connectivity index (χ4v) is 4.83. The highest BCUT2D eigenvalue weighted by Crippen LogP contribution is 2.23. The van der Waals surface area contributed by atoms with Gasteiger partial charge in [-0.05, 0) is 43.7 Å². The topological polar surface area (TPSA) is 73.6 Å². The fourth-order valence-electron chi connectivity index (χ4n) is 2.85. The first-order chi connectivity index (χ1) is 13.5. The van der Waals surface area contributed by atoms with Crippen LogP contribution in [0.3, 0.4) is 0 Å². The van der Waals surface area contributed by atoms with E-state index in [1.54, 1.807) is 11.5 Å². The third kappa shape index (κ3) is 3.61. The molecule has 6 nitrogen and oxygen atoms in total. The SMILES string of the molecule is CCOC(=O)Cn1c(=NC(=O)c2nc3ccccc3s2)sc2cc(C)ccc21. The quantitative estimate of drug-likeness (QED) is 0.477. The van der Waals surface area contributed by atoms with Crippen molar-refractivity contribution in [3.8, 4) is 0 Å². The van der Waals surface area contributed by atoms with E-state index in [0.29, 0.717) is 16.4 Å². The number of aryl methyl sites for hydroxylation is 1. The Morgan fingerprint density at radius 1 is 1.14 bits per heavy atom. The van der Waals surface area contributed by atoms with Gasteiger partial charge in [0.05, 0.1) is 27.0 Å². The Bertz CT molecular complexity index is 1230. The van der Waals surface area contributed by atoms with Crippen molar-refractivity contribution in [2.24, 2.45) is 4.99 Å². The lowest BCUT2D eigenvalue weighted by Gasteiger charge is -2.05. The van der Waals surface area contributed by atoms with Gasteiger partial charge in [0, 0.05) is 0 Å². The van der Waals surface area contributed by atoms with Crippen molar-refractivity contribution < 1.29 is 14.3 Å². The van der Waals surface area contributed by atoms with Crippen molar-refractivity contribution >= 4 is 55.0 Å². The highest BCUT2D eigenvalue weighted by Gasteiger charge is 2.15. The average Bonchev–Trinajstić information content (AvgIpc) is 3.23. The van der Waals surface area contributed by atoms with E-state index in [0.717, 1.165) is 26.0 Å². The third-order valence-corrected chi connectivity index (χ3v) is 6.17. The largest absolute Gasteiger partial charge is 0.465 e. The molecule has 28 heavy (non-hydrogen) atoms. The molecule has 4 aromatic rings. The number of hydrogen-bond donors (Lipinski definition) is 0. The molecule has 2 aromatic heterocycles. The molecule has 1 amide bonds. The maximum absolute atomic E-state index is 12.7. The minimum absolute atomic E-state index is 0.00284. The zero-order valence-electron chi connectivity index (χ0n) is 15.3. The van der Waals surface area contributed by atoms with Gasteiger partial charge in [0.15, 0.2) is 9.81 Å². The van der Waals surface area contributed by atoms with Gasteiger partial charge in [-0.25, -0.2) is 4.98 Å². The molecule has 0 bridgehead atoms. The van der Waals surface area contributed by atoms with Crippen LogP contribution >= 0.6 is 22.7 Å². The summed E-state index contributed by atoms with van der Waals surface area (Å²) in [5.41, 5.74) is 2.72. The molecule has 0 fully saturated rings. The van der Waals surface area contributed by atoms with Crippen molar-refractivity contribution in [1.29, 1.82) is 0 Å². The van der Waals surface area contributed by atoms with Crippen molar-refractivity contribution in [3.63, 3.8) is 0 Å². The van der Waals surface area contributed by atoms with Crippen LogP contribution in [0.4, 0.5) is 0 Å². The molecule has 0 saturated carbocycles. The summed E-state index contributed by atoms with van der Waals surface area (Å²) in [6.45, 7) is 4.07. The zero-order valence-corrected chi connectivity index (χ0v) is 17.0. The molecular formula is C20H17N3O3S2. The highest BCUT2D eigenvalue weighted by atomic mass is 32.1. The molecule has 0 N–H and O–H groups in total. The van der Waals surface area contributed by atoms with E-state index in [-0.39, 0.29) is 12.5 Å². The molecule has 0 aliphatic heterocycles. The van der Waals surface area contributed by atoms with Gasteiger partial charge in [0.25, 0.3) is 0 Å². The molecule has 0 saturated heterocycles. The molecular weight excluding hydrogens is 394 g/mol. The van der Waals surface area contributed by atoms with Crippen LogP contribution in [0.5, 0.6) is 0 Å². The number of esters is 1. The number of benzene rings is 2. The van der Waals surface area contributed by atoms with Crippen LogP contribution in [0.1, 0.15) is 22.3 Å². The number of ether oxygens (including phenoxy) is 1. The molecule has 0 atom stereocenters. The molecule has 4 rings (SSSR count). The summed E-state index contributed by atoms with van der Waals surface area (Å²) in [5.74, 6) is -0.779. The molecule has 2 aromatic carbocycles. The van der Waals surface area contributed by atoms with E-state index >= 15 is 0 Å². The second-order valence-electron chi connectivity index (χ2n) is 6.15. The normalized spacial score (nSPS) is 12.0. The smallest absolute Gasteiger partial charge is 0.326 e. The van der Waals surface area contributed by atoms with Crippen LogP contribution in [0.15, 0.2) is 47.5 Å². The van der Waals surface area contributed by atoms with Gasteiger partial charge in [-0.3, -0.25) is 9.59 Å². The summed E-state index contributed by atoms with van der Waals surface area (Å²) in [6, 6.07) is 13.5. The zero-order chi connectivity index (χ0) is 19.7. The van der Waals surface area contributed by atoms with Crippen LogP contribution in [-0.2, 0) is 16.1 Å². The van der Waals surface area contributed by atoms with Gasteiger partial charge in [0.1, 0.15) is 6.54 Å². The number of nitrogens with zero attached hydrogens (tertiary/aromatic N) is 3. The number of amides is 1. The standard InChI is InChI=1S/C20H17N3O3S2/c1-3-26-17(24)11-23-14-9-8-12(2)10-16(14)28-20(23)22-18(25)19-21-13-6-4-5-7-15(13)27-19/h4-10H,3,11H2,1-2H3. The maximum Gasteiger partial charge on any atom is 0.326 e. The molecule has 0 aliphatic rings. The Kier molecular flexibility index (Phi) is 5.06. The molecule has 8 heteroatoms. The monoisotopic (exact) mass is 411 g/mol. The molecule has 2 heterocycles. The van der Waals surface area contributed by atoms with Gasteiger partial charge >= 0.3 is 11.9 Å².